The second-order valence-electron chi connectivity index (χ2n) is 6.12. The largest absolute Gasteiger partial charge is 0.273 e. The molecule has 0 bridgehead atoms. The number of halogens is 1. The molecule has 2 aliphatic rings. The van der Waals surface area contributed by atoms with Gasteiger partial charge in [0.05, 0.1) is 6.21 Å². The van der Waals surface area contributed by atoms with Gasteiger partial charge in [-0.25, -0.2) is 5.43 Å². The van der Waals surface area contributed by atoms with Gasteiger partial charge in [0.2, 0.25) is 5.91 Å². The Bertz CT molecular complexity index is 540. The van der Waals surface area contributed by atoms with Crippen LogP contribution in [0, 0.1) is 17.3 Å². The van der Waals surface area contributed by atoms with Crippen molar-refractivity contribution in [3.63, 3.8) is 0 Å². The molecule has 2 aliphatic carbocycles. The fourth-order valence-corrected chi connectivity index (χ4v) is 3.90. The second-order valence-corrected chi connectivity index (χ2v) is 7.04. The van der Waals surface area contributed by atoms with Crippen LogP contribution in [0.1, 0.15) is 38.2 Å². The molecule has 1 N–H and O–H groups in total. The predicted octanol–water partition coefficient (Wildman–Crippen LogP) is 3.73. The highest BCUT2D eigenvalue weighted by molar-refractivity contribution is 9.10. The average molecular weight is 335 g/mol. The van der Waals surface area contributed by atoms with Crippen molar-refractivity contribution >= 4 is 28.1 Å². The monoisotopic (exact) mass is 334 g/mol. The van der Waals surface area contributed by atoms with E-state index in [2.05, 4.69) is 33.4 Å². The molecule has 3 atom stereocenters. The zero-order valence-corrected chi connectivity index (χ0v) is 13.2. The highest BCUT2D eigenvalue weighted by Crippen LogP contribution is 2.66. The third-order valence-electron chi connectivity index (χ3n) is 4.87. The van der Waals surface area contributed by atoms with E-state index in [1.807, 2.05) is 24.3 Å². The number of hydrazone groups is 1. The van der Waals surface area contributed by atoms with Crippen LogP contribution in [0.25, 0.3) is 0 Å². The summed E-state index contributed by atoms with van der Waals surface area (Å²) in [6.07, 6.45) is 6.61. The Morgan fingerprint density at radius 3 is 2.80 bits per heavy atom. The lowest BCUT2D eigenvalue weighted by molar-refractivity contribution is -0.123. The normalized spacial score (nSPS) is 31.9. The Morgan fingerprint density at radius 1 is 1.40 bits per heavy atom. The van der Waals surface area contributed by atoms with E-state index in [-0.39, 0.29) is 17.2 Å². The molecular weight excluding hydrogens is 316 g/mol. The molecule has 0 radical (unpaired) electrons. The van der Waals surface area contributed by atoms with Gasteiger partial charge in [-0.15, -0.1) is 0 Å². The maximum absolute atomic E-state index is 12.2. The number of hydrogen-bond acceptors (Lipinski definition) is 2. The number of nitrogens with one attached hydrogen (secondary N) is 1. The Labute approximate surface area is 128 Å². The highest BCUT2D eigenvalue weighted by atomic mass is 79.9. The number of nitrogens with zero attached hydrogens (tertiary/aromatic N) is 1. The van der Waals surface area contributed by atoms with Crippen LogP contribution in [0.3, 0.4) is 0 Å². The molecule has 1 amide bonds. The smallest absolute Gasteiger partial charge is 0.244 e. The molecule has 2 saturated carbocycles. The zero-order valence-electron chi connectivity index (χ0n) is 11.6. The second kappa shape index (κ2) is 5.32. The van der Waals surface area contributed by atoms with Gasteiger partial charge in [-0.3, -0.25) is 4.79 Å². The first-order valence-corrected chi connectivity index (χ1v) is 7.99. The van der Waals surface area contributed by atoms with E-state index in [0.717, 1.165) is 10.0 Å². The zero-order chi connectivity index (χ0) is 14.2. The lowest BCUT2D eigenvalue weighted by Gasteiger charge is -2.15. The van der Waals surface area contributed by atoms with Crippen LogP contribution in [0.4, 0.5) is 0 Å². The fraction of sp³-hybridized carbons (Fsp3) is 0.500. The highest BCUT2D eigenvalue weighted by Gasteiger charge is 2.64. The van der Waals surface area contributed by atoms with Crippen LogP contribution in [0.15, 0.2) is 33.8 Å². The number of rotatable bonds is 3. The van der Waals surface area contributed by atoms with Gasteiger partial charge in [0, 0.05) is 10.4 Å². The number of hydrogen-bond donors (Lipinski definition) is 1. The van der Waals surface area contributed by atoms with E-state index < -0.39 is 0 Å². The first-order chi connectivity index (χ1) is 9.61. The van der Waals surface area contributed by atoms with E-state index in [1.165, 1.54) is 25.7 Å². The van der Waals surface area contributed by atoms with E-state index >= 15 is 0 Å². The Morgan fingerprint density at radius 2 is 2.15 bits per heavy atom. The number of carbonyl (C=O) groups excluding carboxylic acids is 1. The first kappa shape index (κ1) is 13.8. The van der Waals surface area contributed by atoms with Gasteiger partial charge in [-0.1, -0.05) is 47.8 Å². The summed E-state index contributed by atoms with van der Waals surface area (Å²) < 4.78 is 1.04. The number of carbonyl (C=O) groups is 1. The molecule has 1 aromatic carbocycles. The molecule has 4 heteroatoms. The minimum absolute atomic E-state index is 0.0905. The Kier molecular flexibility index (Phi) is 3.67. The molecule has 3 rings (SSSR count). The van der Waals surface area contributed by atoms with Crippen LogP contribution >= 0.6 is 15.9 Å². The molecule has 3 nitrogen and oxygen atoms in total. The SMILES string of the molecule is C[C@]12CCCC[C@H]1[C@H]2C(=O)N/N=C/c1ccc(Br)cc1. The van der Waals surface area contributed by atoms with Gasteiger partial charge in [-0.05, 0) is 41.9 Å². The van der Waals surface area contributed by atoms with Gasteiger partial charge in [0.25, 0.3) is 0 Å². The third kappa shape index (κ3) is 2.53. The van der Waals surface area contributed by atoms with E-state index in [9.17, 15) is 4.79 Å². The summed E-state index contributed by atoms with van der Waals surface area (Å²) in [7, 11) is 0. The van der Waals surface area contributed by atoms with Crippen LogP contribution < -0.4 is 5.43 Å². The summed E-state index contributed by atoms with van der Waals surface area (Å²) >= 11 is 3.39. The Hall–Kier alpha value is -1.16. The van der Waals surface area contributed by atoms with Gasteiger partial charge in [-0.2, -0.15) is 5.10 Å². The standard InChI is InChI=1S/C16H19BrN2O/c1-16-9-3-2-4-13(16)14(16)15(20)19-18-10-11-5-7-12(17)8-6-11/h5-8,10,13-14H,2-4,9H2,1H3,(H,19,20)/b18-10+/t13-,14-,16-/m0/s1. The van der Waals surface area contributed by atoms with E-state index in [1.54, 1.807) is 6.21 Å². The maximum Gasteiger partial charge on any atom is 0.244 e. The molecule has 2 fully saturated rings. The first-order valence-electron chi connectivity index (χ1n) is 7.20. The molecular formula is C16H19BrN2O. The van der Waals surface area contributed by atoms with Crippen molar-refractivity contribution in [1.82, 2.24) is 5.43 Å². The Balaban J connectivity index is 1.56. The van der Waals surface area contributed by atoms with Crippen LogP contribution in [-0.4, -0.2) is 12.1 Å². The summed E-state index contributed by atoms with van der Waals surface area (Å²) in [6, 6.07) is 7.83. The molecule has 0 heterocycles. The summed E-state index contributed by atoms with van der Waals surface area (Å²) in [4.78, 5) is 12.2. The molecule has 0 unspecified atom stereocenters. The lowest BCUT2D eigenvalue weighted by atomic mass is 9.90. The number of amides is 1. The summed E-state index contributed by atoms with van der Waals surface area (Å²) in [5, 5.41) is 4.08. The topological polar surface area (TPSA) is 41.5 Å². The van der Waals surface area contributed by atoms with Crippen molar-refractivity contribution in [3.05, 3.63) is 34.3 Å². The minimum Gasteiger partial charge on any atom is -0.273 e. The van der Waals surface area contributed by atoms with Crippen molar-refractivity contribution in [2.75, 3.05) is 0 Å². The third-order valence-corrected chi connectivity index (χ3v) is 5.40. The quantitative estimate of drug-likeness (QED) is 0.664. The lowest BCUT2D eigenvalue weighted by Crippen LogP contribution is -2.22. The average Bonchev–Trinajstić information content (AvgIpc) is 3.06. The minimum atomic E-state index is 0.0905. The molecule has 106 valence electrons. The van der Waals surface area contributed by atoms with Gasteiger partial charge >= 0.3 is 0 Å². The number of fused-ring (bicyclic) bond motifs is 1. The van der Waals surface area contributed by atoms with Crippen LogP contribution in [-0.2, 0) is 4.79 Å². The fourth-order valence-electron chi connectivity index (χ4n) is 3.64. The number of benzene rings is 1. The van der Waals surface area contributed by atoms with Crippen molar-refractivity contribution < 1.29 is 4.79 Å². The summed E-state index contributed by atoms with van der Waals surface area (Å²) in [5.41, 5.74) is 3.93. The maximum atomic E-state index is 12.2. The molecule has 0 spiro atoms. The van der Waals surface area contributed by atoms with Crippen molar-refractivity contribution in [2.24, 2.45) is 22.4 Å². The molecule has 0 saturated heterocycles. The molecule has 20 heavy (non-hydrogen) atoms. The van der Waals surface area contributed by atoms with Crippen molar-refractivity contribution in [2.45, 2.75) is 32.6 Å². The van der Waals surface area contributed by atoms with E-state index in [0.29, 0.717) is 5.92 Å². The molecule has 1 aromatic rings. The van der Waals surface area contributed by atoms with Gasteiger partial charge < -0.3 is 0 Å². The summed E-state index contributed by atoms with van der Waals surface area (Å²) in [5.74, 6) is 0.846. The summed E-state index contributed by atoms with van der Waals surface area (Å²) in [6.45, 7) is 2.25. The van der Waals surface area contributed by atoms with Gasteiger partial charge in [0.1, 0.15) is 0 Å². The van der Waals surface area contributed by atoms with Crippen molar-refractivity contribution in [3.8, 4) is 0 Å². The van der Waals surface area contributed by atoms with Gasteiger partial charge in [0.15, 0.2) is 0 Å². The molecule has 0 aromatic heterocycles. The van der Waals surface area contributed by atoms with E-state index in [4.69, 9.17) is 0 Å². The van der Waals surface area contributed by atoms with Crippen molar-refractivity contribution in [1.29, 1.82) is 0 Å². The predicted molar refractivity (Wildman–Crippen MR) is 83.4 cm³/mol. The van der Waals surface area contributed by atoms with Crippen LogP contribution in [0.2, 0.25) is 0 Å². The van der Waals surface area contributed by atoms with Crippen LogP contribution in [0.5, 0.6) is 0 Å². The molecule has 0 aliphatic heterocycles.